The SMILES string of the molecule is O=[N+]([O-])C1=Cc2c(ccc3ccccc23)OC1C(F)(F)F. The van der Waals surface area contributed by atoms with Gasteiger partial charge in [-0.15, -0.1) is 0 Å². The minimum absolute atomic E-state index is 0.0124. The molecule has 0 saturated heterocycles. The minimum atomic E-state index is -4.85. The number of nitrogens with zero attached hydrogens (tertiary/aromatic N) is 1. The highest BCUT2D eigenvalue weighted by Gasteiger charge is 2.52. The van der Waals surface area contributed by atoms with E-state index in [0.717, 1.165) is 11.5 Å². The normalized spacial score (nSPS) is 17.9. The van der Waals surface area contributed by atoms with Crippen LogP contribution >= 0.6 is 0 Å². The van der Waals surface area contributed by atoms with Crippen LogP contribution in [0.15, 0.2) is 42.1 Å². The van der Waals surface area contributed by atoms with E-state index >= 15 is 0 Å². The van der Waals surface area contributed by atoms with Gasteiger partial charge in [0.1, 0.15) is 5.75 Å². The predicted octanol–water partition coefficient (Wildman–Crippen LogP) is 3.78. The van der Waals surface area contributed by atoms with Crippen molar-refractivity contribution in [2.24, 2.45) is 0 Å². The van der Waals surface area contributed by atoms with Crippen LogP contribution in [0.25, 0.3) is 16.8 Å². The Bertz CT molecular complexity index is 768. The smallest absolute Gasteiger partial charge is 0.436 e. The molecule has 0 fully saturated rings. The van der Waals surface area contributed by atoms with Gasteiger partial charge in [0.2, 0.25) is 0 Å². The zero-order valence-electron chi connectivity index (χ0n) is 10.4. The van der Waals surface area contributed by atoms with Crippen LogP contribution in [0.3, 0.4) is 0 Å². The summed E-state index contributed by atoms with van der Waals surface area (Å²) in [6, 6.07) is 9.94. The van der Waals surface area contributed by atoms with E-state index in [0.29, 0.717) is 10.9 Å². The fraction of sp³-hybridized carbons (Fsp3) is 0.143. The molecule has 3 rings (SSSR count). The summed E-state index contributed by atoms with van der Waals surface area (Å²) in [6.45, 7) is 0. The van der Waals surface area contributed by atoms with Gasteiger partial charge in [-0.1, -0.05) is 30.3 Å². The molecule has 7 heteroatoms. The third-order valence-electron chi connectivity index (χ3n) is 3.24. The molecule has 1 aliphatic heterocycles. The van der Waals surface area contributed by atoms with Gasteiger partial charge in [0.05, 0.1) is 4.92 Å². The Balaban J connectivity index is 2.25. The molecule has 1 unspecified atom stereocenters. The number of halogens is 3. The van der Waals surface area contributed by atoms with Crippen molar-refractivity contribution in [2.45, 2.75) is 12.3 Å². The molecule has 0 saturated carbocycles. The van der Waals surface area contributed by atoms with Crippen molar-refractivity contribution >= 4 is 16.8 Å². The summed E-state index contributed by atoms with van der Waals surface area (Å²) >= 11 is 0. The van der Waals surface area contributed by atoms with Gasteiger partial charge in [0.15, 0.2) is 0 Å². The Morgan fingerprint density at radius 1 is 1.14 bits per heavy atom. The average molecular weight is 295 g/mol. The van der Waals surface area contributed by atoms with Gasteiger partial charge >= 0.3 is 6.18 Å². The van der Waals surface area contributed by atoms with Crippen LogP contribution in [0.4, 0.5) is 13.2 Å². The zero-order valence-corrected chi connectivity index (χ0v) is 10.4. The van der Waals surface area contributed by atoms with Crippen LogP contribution in [0.2, 0.25) is 0 Å². The van der Waals surface area contributed by atoms with Crippen molar-refractivity contribution in [3.63, 3.8) is 0 Å². The van der Waals surface area contributed by atoms with Crippen molar-refractivity contribution in [1.29, 1.82) is 0 Å². The van der Waals surface area contributed by atoms with Crippen LogP contribution in [0.1, 0.15) is 5.56 Å². The molecular formula is C14H8F3NO3. The Morgan fingerprint density at radius 2 is 1.86 bits per heavy atom. The van der Waals surface area contributed by atoms with Crippen LogP contribution in [0, 0.1) is 10.1 Å². The molecule has 108 valence electrons. The second-order valence-electron chi connectivity index (χ2n) is 4.56. The first-order valence-corrected chi connectivity index (χ1v) is 5.99. The molecular weight excluding hydrogens is 287 g/mol. The van der Waals surface area contributed by atoms with Crippen LogP contribution in [-0.2, 0) is 0 Å². The van der Waals surface area contributed by atoms with Gasteiger partial charge in [-0.05, 0) is 16.8 Å². The second-order valence-corrected chi connectivity index (χ2v) is 4.56. The molecule has 0 bridgehead atoms. The molecule has 2 aromatic carbocycles. The van der Waals surface area contributed by atoms with E-state index in [9.17, 15) is 23.3 Å². The van der Waals surface area contributed by atoms with Gasteiger partial charge in [0.25, 0.3) is 11.8 Å². The summed E-state index contributed by atoms with van der Waals surface area (Å²) in [5, 5.41) is 12.3. The van der Waals surface area contributed by atoms with Crippen molar-refractivity contribution in [2.75, 3.05) is 0 Å². The monoisotopic (exact) mass is 295 g/mol. The highest BCUT2D eigenvalue weighted by Crippen LogP contribution is 2.40. The molecule has 1 atom stereocenters. The summed E-state index contributed by atoms with van der Waals surface area (Å²) in [4.78, 5) is 9.86. The van der Waals surface area contributed by atoms with E-state index in [1.165, 1.54) is 6.07 Å². The Kier molecular flexibility index (Phi) is 2.86. The quantitative estimate of drug-likeness (QED) is 0.594. The van der Waals surface area contributed by atoms with Crippen molar-refractivity contribution in [3.8, 4) is 5.75 Å². The van der Waals surface area contributed by atoms with Crippen molar-refractivity contribution < 1.29 is 22.8 Å². The third-order valence-corrected chi connectivity index (χ3v) is 3.24. The summed E-state index contributed by atoms with van der Waals surface area (Å²) in [7, 11) is 0. The molecule has 2 aromatic rings. The molecule has 0 aromatic heterocycles. The van der Waals surface area contributed by atoms with Crippen molar-refractivity contribution in [1.82, 2.24) is 0 Å². The number of ether oxygens (including phenoxy) is 1. The Morgan fingerprint density at radius 3 is 2.52 bits per heavy atom. The molecule has 0 aliphatic carbocycles. The van der Waals surface area contributed by atoms with Gasteiger partial charge in [0, 0.05) is 11.6 Å². The van der Waals surface area contributed by atoms with Gasteiger partial charge in [-0.25, -0.2) is 0 Å². The fourth-order valence-corrected chi connectivity index (χ4v) is 2.32. The number of hydrogen-bond donors (Lipinski definition) is 0. The Hall–Kier alpha value is -2.57. The van der Waals surface area contributed by atoms with E-state index in [4.69, 9.17) is 4.74 Å². The average Bonchev–Trinajstić information content (AvgIpc) is 2.44. The number of fused-ring (bicyclic) bond motifs is 3. The first kappa shape index (κ1) is 13.4. The van der Waals surface area contributed by atoms with Crippen LogP contribution < -0.4 is 4.74 Å². The number of rotatable bonds is 1. The molecule has 1 aliphatic rings. The standard InChI is InChI=1S/C14H8F3NO3/c15-14(16,17)13-11(18(19)20)7-10-9-4-2-1-3-8(9)5-6-12(10)21-13/h1-7,13H. The maximum atomic E-state index is 12.9. The molecule has 21 heavy (non-hydrogen) atoms. The van der Waals surface area contributed by atoms with Gasteiger partial charge in [-0.3, -0.25) is 10.1 Å². The lowest BCUT2D eigenvalue weighted by atomic mass is 9.99. The number of alkyl halides is 3. The summed E-state index contributed by atoms with van der Waals surface area (Å²) < 4.78 is 43.5. The van der Waals surface area contributed by atoms with E-state index < -0.39 is 22.9 Å². The molecule has 4 nitrogen and oxygen atoms in total. The number of hydrogen-bond acceptors (Lipinski definition) is 3. The summed E-state index contributed by atoms with van der Waals surface area (Å²) in [5.74, 6) is -0.0124. The first-order chi connectivity index (χ1) is 9.88. The fourth-order valence-electron chi connectivity index (χ4n) is 2.32. The first-order valence-electron chi connectivity index (χ1n) is 5.99. The lowest BCUT2D eigenvalue weighted by molar-refractivity contribution is -0.443. The third kappa shape index (κ3) is 2.20. The van der Waals surface area contributed by atoms with E-state index in [2.05, 4.69) is 0 Å². The second kappa shape index (κ2) is 4.47. The minimum Gasteiger partial charge on any atom is -0.469 e. The summed E-state index contributed by atoms with van der Waals surface area (Å²) in [5.41, 5.74) is -0.716. The predicted molar refractivity (Wildman–Crippen MR) is 69.4 cm³/mol. The Labute approximate surface area is 116 Å². The summed E-state index contributed by atoms with van der Waals surface area (Å²) in [6.07, 6.45) is -6.46. The lowest BCUT2D eigenvalue weighted by Gasteiger charge is -2.24. The van der Waals surface area contributed by atoms with Crippen molar-refractivity contribution in [3.05, 3.63) is 57.8 Å². The maximum absolute atomic E-state index is 12.9. The van der Waals surface area contributed by atoms with E-state index in [-0.39, 0.29) is 5.75 Å². The number of benzene rings is 2. The number of nitro groups is 1. The zero-order chi connectivity index (χ0) is 15.2. The molecule has 0 N–H and O–H groups in total. The van der Waals surface area contributed by atoms with Gasteiger partial charge < -0.3 is 4.74 Å². The van der Waals surface area contributed by atoms with Crippen LogP contribution in [-0.4, -0.2) is 17.2 Å². The highest BCUT2D eigenvalue weighted by atomic mass is 19.4. The van der Waals surface area contributed by atoms with Gasteiger partial charge in [-0.2, -0.15) is 13.2 Å². The topological polar surface area (TPSA) is 52.4 Å². The molecule has 1 heterocycles. The van der Waals surface area contributed by atoms with Crippen LogP contribution in [0.5, 0.6) is 5.75 Å². The lowest BCUT2D eigenvalue weighted by Crippen LogP contribution is -2.40. The molecule has 0 radical (unpaired) electrons. The maximum Gasteiger partial charge on any atom is 0.436 e. The van der Waals surface area contributed by atoms with E-state index in [1.54, 1.807) is 30.3 Å². The molecule has 0 amide bonds. The molecule has 0 spiro atoms. The highest BCUT2D eigenvalue weighted by molar-refractivity contribution is 5.93. The van der Waals surface area contributed by atoms with E-state index in [1.807, 2.05) is 0 Å². The largest absolute Gasteiger partial charge is 0.469 e.